The van der Waals surface area contributed by atoms with Crippen LogP contribution in [0.5, 0.6) is 5.19 Å². The number of carbonyl (C=O) groups is 1. The molecule has 90 valence electrons. The smallest absolute Gasteiger partial charge is 0.359 e. The summed E-state index contributed by atoms with van der Waals surface area (Å²) < 4.78 is 10.3. The molecule has 0 fully saturated rings. The molecule has 0 bridgehead atoms. The molecule has 0 amide bonds. The molecule has 5 nitrogen and oxygen atoms in total. The van der Waals surface area contributed by atoms with Gasteiger partial charge in [0.15, 0.2) is 5.69 Å². The number of nitrogens with zero attached hydrogens (tertiary/aromatic N) is 1. The predicted octanol–water partition coefficient (Wildman–Crippen LogP) is 1.70. The first-order valence-corrected chi connectivity index (χ1v) is 5.95. The molecule has 0 radical (unpaired) electrons. The lowest BCUT2D eigenvalue weighted by Crippen LogP contribution is -2.23. The monoisotopic (exact) mass is 264 g/mol. The van der Waals surface area contributed by atoms with Crippen LogP contribution >= 0.6 is 22.9 Å². The highest BCUT2D eigenvalue weighted by atomic mass is 35.5. The molecule has 1 rings (SSSR count). The average Bonchev–Trinajstić information content (AvgIpc) is 2.57. The Morgan fingerprint density at radius 2 is 2.38 bits per heavy atom. The number of esters is 1. The minimum Gasteiger partial charge on any atom is -0.468 e. The van der Waals surface area contributed by atoms with Crippen molar-refractivity contribution in [2.45, 2.75) is 19.9 Å². The van der Waals surface area contributed by atoms with Gasteiger partial charge in [-0.3, -0.25) is 0 Å². The molecule has 0 spiro atoms. The molecule has 7 heteroatoms. The van der Waals surface area contributed by atoms with Crippen molar-refractivity contribution in [2.24, 2.45) is 5.73 Å². The summed E-state index contributed by atoms with van der Waals surface area (Å²) >= 11 is 6.92. The van der Waals surface area contributed by atoms with Crippen molar-refractivity contribution in [1.29, 1.82) is 0 Å². The second-order valence-corrected chi connectivity index (χ2v) is 4.67. The second-order valence-electron chi connectivity index (χ2n) is 3.11. The van der Waals surface area contributed by atoms with E-state index in [-0.39, 0.29) is 22.7 Å². The maximum Gasteiger partial charge on any atom is 0.359 e. The fourth-order valence-corrected chi connectivity index (χ4v) is 1.83. The Balaban J connectivity index is 2.69. The van der Waals surface area contributed by atoms with Gasteiger partial charge in [-0.2, -0.15) is 4.98 Å². The fraction of sp³-hybridized carbons (Fsp3) is 0.556. The Morgan fingerprint density at radius 3 is 2.94 bits per heavy atom. The SMILES string of the molecule is CCOC(=O)c1nc(OC[C@H](C)N)sc1Cl. The molecule has 1 aromatic heterocycles. The van der Waals surface area contributed by atoms with E-state index in [0.29, 0.717) is 11.8 Å². The number of rotatable bonds is 5. The van der Waals surface area contributed by atoms with Gasteiger partial charge in [0.25, 0.3) is 5.19 Å². The van der Waals surface area contributed by atoms with E-state index in [0.717, 1.165) is 11.3 Å². The maximum atomic E-state index is 11.4. The number of aromatic nitrogens is 1. The van der Waals surface area contributed by atoms with Crippen molar-refractivity contribution in [3.8, 4) is 5.19 Å². The molecule has 2 N–H and O–H groups in total. The summed E-state index contributed by atoms with van der Waals surface area (Å²) in [5.41, 5.74) is 5.61. The summed E-state index contributed by atoms with van der Waals surface area (Å²) in [7, 11) is 0. The molecule has 1 heterocycles. The Hall–Kier alpha value is -0.850. The summed E-state index contributed by atoms with van der Waals surface area (Å²) in [6.07, 6.45) is 0. The highest BCUT2D eigenvalue weighted by Gasteiger charge is 2.18. The van der Waals surface area contributed by atoms with Crippen LogP contribution in [0.4, 0.5) is 0 Å². The number of nitrogens with two attached hydrogens (primary N) is 1. The highest BCUT2D eigenvalue weighted by Crippen LogP contribution is 2.30. The Kier molecular flexibility index (Phi) is 4.98. The summed E-state index contributed by atoms with van der Waals surface area (Å²) in [4.78, 5) is 15.3. The van der Waals surface area contributed by atoms with Gasteiger partial charge >= 0.3 is 5.97 Å². The third kappa shape index (κ3) is 3.62. The molecule has 0 saturated heterocycles. The average molecular weight is 265 g/mol. The van der Waals surface area contributed by atoms with Crippen molar-refractivity contribution in [2.75, 3.05) is 13.2 Å². The summed E-state index contributed by atoms with van der Waals surface area (Å²) in [6.45, 7) is 4.13. The van der Waals surface area contributed by atoms with Crippen LogP contribution in [-0.2, 0) is 4.74 Å². The Labute approximate surface area is 103 Å². The van der Waals surface area contributed by atoms with E-state index in [2.05, 4.69) is 4.98 Å². The maximum absolute atomic E-state index is 11.4. The zero-order chi connectivity index (χ0) is 12.1. The molecule has 0 aromatic carbocycles. The topological polar surface area (TPSA) is 74.4 Å². The lowest BCUT2D eigenvalue weighted by molar-refractivity contribution is 0.0519. The van der Waals surface area contributed by atoms with Gasteiger partial charge < -0.3 is 15.2 Å². The number of halogens is 1. The third-order valence-electron chi connectivity index (χ3n) is 1.50. The number of thiazole rings is 1. The molecule has 0 unspecified atom stereocenters. The van der Waals surface area contributed by atoms with Crippen molar-refractivity contribution >= 4 is 28.9 Å². The van der Waals surface area contributed by atoms with E-state index in [1.54, 1.807) is 6.92 Å². The first-order valence-electron chi connectivity index (χ1n) is 4.76. The normalized spacial score (nSPS) is 12.2. The molecule has 0 aliphatic carbocycles. The van der Waals surface area contributed by atoms with E-state index in [9.17, 15) is 4.79 Å². The quantitative estimate of drug-likeness (QED) is 0.820. The number of ether oxygens (including phenoxy) is 2. The van der Waals surface area contributed by atoms with Crippen molar-refractivity contribution < 1.29 is 14.3 Å². The van der Waals surface area contributed by atoms with Crippen LogP contribution in [0, 0.1) is 0 Å². The first-order chi connectivity index (χ1) is 7.54. The van der Waals surface area contributed by atoms with Crippen LogP contribution in [0.1, 0.15) is 24.3 Å². The number of hydrogen-bond acceptors (Lipinski definition) is 6. The van der Waals surface area contributed by atoms with Crippen LogP contribution in [0.15, 0.2) is 0 Å². The molecule has 0 saturated carbocycles. The van der Waals surface area contributed by atoms with Crippen molar-refractivity contribution in [1.82, 2.24) is 4.98 Å². The lowest BCUT2D eigenvalue weighted by Gasteiger charge is -2.04. The third-order valence-corrected chi connectivity index (χ3v) is 2.67. The van der Waals surface area contributed by atoms with Gasteiger partial charge in [0.2, 0.25) is 0 Å². The molecule has 1 atom stereocenters. The Bertz CT molecular complexity index is 368. The minimum absolute atomic E-state index is 0.0909. The van der Waals surface area contributed by atoms with Crippen LogP contribution in [0.25, 0.3) is 0 Å². The standard InChI is InChI=1S/C9H13ClN2O3S/c1-3-14-8(13)6-7(10)16-9(12-6)15-4-5(2)11/h5H,3-4,11H2,1-2H3/t5-/m0/s1. The molecule has 0 aliphatic heterocycles. The molecular formula is C9H13ClN2O3S. The van der Waals surface area contributed by atoms with Gasteiger partial charge in [-0.25, -0.2) is 4.79 Å². The van der Waals surface area contributed by atoms with E-state index < -0.39 is 5.97 Å². The number of carbonyl (C=O) groups excluding carboxylic acids is 1. The van der Waals surface area contributed by atoms with Crippen LogP contribution in [0.3, 0.4) is 0 Å². The summed E-state index contributed by atoms with van der Waals surface area (Å²) in [5.74, 6) is -0.542. The minimum atomic E-state index is -0.542. The zero-order valence-electron chi connectivity index (χ0n) is 9.03. The van der Waals surface area contributed by atoms with Crippen LogP contribution in [0.2, 0.25) is 4.34 Å². The summed E-state index contributed by atoms with van der Waals surface area (Å²) in [5, 5.41) is 0.324. The van der Waals surface area contributed by atoms with Crippen LogP contribution in [-0.4, -0.2) is 30.2 Å². The molecule has 1 aromatic rings. The zero-order valence-corrected chi connectivity index (χ0v) is 10.6. The largest absolute Gasteiger partial charge is 0.468 e. The van der Waals surface area contributed by atoms with Gasteiger partial charge in [0.05, 0.1) is 6.61 Å². The van der Waals surface area contributed by atoms with E-state index in [1.165, 1.54) is 0 Å². The second kappa shape index (κ2) is 6.03. The van der Waals surface area contributed by atoms with E-state index in [1.807, 2.05) is 6.92 Å². The lowest BCUT2D eigenvalue weighted by atomic mass is 10.4. The Morgan fingerprint density at radius 1 is 1.69 bits per heavy atom. The van der Waals surface area contributed by atoms with Crippen molar-refractivity contribution in [3.63, 3.8) is 0 Å². The van der Waals surface area contributed by atoms with Gasteiger partial charge in [-0.05, 0) is 13.8 Å². The van der Waals surface area contributed by atoms with Gasteiger partial charge in [0, 0.05) is 6.04 Å². The van der Waals surface area contributed by atoms with Crippen LogP contribution < -0.4 is 10.5 Å². The van der Waals surface area contributed by atoms with E-state index >= 15 is 0 Å². The fourth-order valence-electron chi connectivity index (χ4n) is 0.873. The molecular weight excluding hydrogens is 252 g/mol. The molecule has 0 aliphatic rings. The number of hydrogen-bond donors (Lipinski definition) is 1. The predicted molar refractivity (Wildman–Crippen MR) is 62.2 cm³/mol. The van der Waals surface area contributed by atoms with Gasteiger partial charge in [-0.1, -0.05) is 22.9 Å². The first kappa shape index (κ1) is 13.2. The summed E-state index contributed by atoms with van der Waals surface area (Å²) in [6, 6.07) is -0.103. The molecule has 16 heavy (non-hydrogen) atoms. The van der Waals surface area contributed by atoms with E-state index in [4.69, 9.17) is 26.8 Å². The van der Waals surface area contributed by atoms with Gasteiger partial charge in [0.1, 0.15) is 10.9 Å². The van der Waals surface area contributed by atoms with Crippen molar-refractivity contribution in [3.05, 3.63) is 10.0 Å². The highest BCUT2D eigenvalue weighted by molar-refractivity contribution is 7.17. The van der Waals surface area contributed by atoms with Gasteiger partial charge in [-0.15, -0.1) is 0 Å².